The van der Waals surface area contributed by atoms with Crippen LogP contribution in [0.5, 0.6) is 0 Å². The second-order valence-corrected chi connectivity index (χ2v) is 12.3. The summed E-state index contributed by atoms with van der Waals surface area (Å²) in [4.78, 5) is 25.5. The average Bonchev–Trinajstić information content (AvgIpc) is 3.29. The van der Waals surface area contributed by atoms with Gasteiger partial charge < -0.3 is 5.32 Å². The Morgan fingerprint density at radius 2 is 1.58 bits per heavy atom. The van der Waals surface area contributed by atoms with Crippen LogP contribution in [0.3, 0.4) is 0 Å². The van der Waals surface area contributed by atoms with Gasteiger partial charge in [-0.2, -0.15) is 0 Å². The normalized spacial score (nSPS) is 13.7. The maximum absolute atomic E-state index is 13.6. The van der Waals surface area contributed by atoms with E-state index in [0.29, 0.717) is 22.6 Å². The molecule has 0 heterocycles. The predicted molar refractivity (Wildman–Crippen MR) is 205 cm³/mol. The minimum Gasteiger partial charge on any atom is -0.361 e. The highest BCUT2D eigenvalue weighted by atomic mass is 16.1. The average molecular weight is 626 g/mol. The first-order valence-electron chi connectivity index (χ1n) is 16.4. The quantitative estimate of drug-likeness (QED) is 0.0954. The molecule has 0 spiro atoms. The minimum absolute atomic E-state index is 0.199. The van der Waals surface area contributed by atoms with Crippen molar-refractivity contribution in [2.45, 2.75) is 33.1 Å². The van der Waals surface area contributed by atoms with Crippen LogP contribution in [0.2, 0.25) is 0 Å². The summed E-state index contributed by atoms with van der Waals surface area (Å²) in [7, 11) is 0. The van der Waals surface area contributed by atoms with Crippen molar-refractivity contribution in [3.05, 3.63) is 167 Å². The van der Waals surface area contributed by atoms with Crippen molar-refractivity contribution < 1.29 is 9.59 Å². The minimum atomic E-state index is -0.199. The van der Waals surface area contributed by atoms with Gasteiger partial charge in [-0.1, -0.05) is 112 Å². The number of benzene rings is 5. The third-order valence-corrected chi connectivity index (χ3v) is 9.32. The van der Waals surface area contributed by atoms with Gasteiger partial charge in [0.05, 0.1) is 0 Å². The van der Waals surface area contributed by atoms with Crippen molar-refractivity contribution in [1.82, 2.24) is 0 Å². The summed E-state index contributed by atoms with van der Waals surface area (Å²) in [5.74, 6) is 0.339. The Morgan fingerprint density at radius 3 is 2.31 bits per heavy atom. The molecule has 1 atom stereocenters. The summed E-state index contributed by atoms with van der Waals surface area (Å²) in [5.41, 5.74) is 11.8. The van der Waals surface area contributed by atoms with E-state index >= 15 is 0 Å². The van der Waals surface area contributed by atoms with Crippen LogP contribution < -0.4 is 5.32 Å². The van der Waals surface area contributed by atoms with Gasteiger partial charge in [-0.3, -0.25) is 9.59 Å². The molecule has 1 aliphatic rings. The summed E-state index contributed by atoms with van der Waals surface area (Å²) >= 11 is 0. The van der Waals surface area contributed by atoms with E-state index in [1.54, 1.807) is 31.2 Å². The molecule has 5 aromatic rings. The monoisotopic (exact) mass is 625 g/mol. The van der Waals surface area contributed by atoms with E-state index in [2.05, 4.69) is 130 Å². The van der Waals surface area contributed by atoms with Gasteiger partial charge in [0, 0.05) is 23.0 Å². The highest BCUT2D eigenvalue weighted by Crippen LogP contribution is 2.41. The van der Waals surface area contributed by atoms with Crippen molar-refractivity contribution in [3.63, 3.8) is 0 Å². The van der Waals surface area contributed by atoms with Gasteiger partial charge >= 0.3 is 0 Å². The van der Waals surface area contributed by atoms with Crippen LogP contribution in [0.25, 0.3) is 51.8 Å². The van der Waals surface area contributed by atoms with Crippen molar-refractivity contribution in [2.75, 3.05) is 5.32 Å². The third-order valence-electron chi connectivity index (χ3n) is 9.32. The fraction of sp³-hybridized carbons (Fsp3) is 0.111. The second-order valence-electron chi connectivity index (χ2n) is 12.3. The van der Waals surface area contributed by atoms with Crippen LogP contribution >= 0.6 is 0 Å². The Kier molecular flexibility index (Phi) is 9.31. The maximum Gasteiger partial charge on any atom is 0.189 e. The molecule has 0 fully saturated rings. The SMILES string of the molecule is C=Cc1cc(C=O)c(C(=O)/C(C)=C\c2ccc3c4c(ccc3c2)/C(=C\Nc2ccc(C(C)CC)cc2)C=Cc2ccccc2-4)cc1C=C. The van der Waals surface area contributed by atoms with Crippen LogP contribution in [-0.2, 0) is 0 Å². The van der Waals surface area contributed by atoms with E-state index in [-0.39, 0.29) is 5.78 Å². The second kappa shape index (κ2) is 13.9. The lowest BCUT2D eigenvalue weighted by Gasteiger charge is -2.15. The van der Waals surface area contributed by atoms with Crippen molar-refractivity contribution in [3.8, 4) is 11.1 Å². The standard InChI is InChI=1S/C45H39NO2/c1-6-29(4)34-16-19-39(20-17-34)46-27-37-15-14-35-11-9-10-12-40(35)44-41-21-13-31(24-36(41)18-22-42(37)44)23-30(5)45(48)43-26-33(8-3)32(7-2)25-38(43)28-47/h7-29,46H,2-3,6H2,1,4-5H3/b30-23-,37-27-. The van der Waals surface area contributed by atoms with Crippen molar-refractivity contribution in [2.24, 2.45) is 0 Å². The number of hydrogen-bond donors (Lipinski definition) is 1. The maximum atomic E-state index is 13.6. The molecule has 48 heavy (non-hydrogen) atoms. The zero-order valence-electron chi connectivity index (χ0n) is 27.7. The Hall–Kier alpha value is -5.80. The van der Waals surface area contributed by atoms with Gasteiger partial charge in [0.1, 0.15) is 0 Å². The first-order valence-corrected chi connectivity index (χ1v) is 16.4. The molecule has 0 amide bonds. The molecule has 0 aromatic heterocycles. The molecule has 1 aliphatic carbocycles. The molecule has 1 N–H and O–H groups in total. The highest BCUT2D eigenvalue weighted by molar-refractivity contribution is 6.15. The summed E-state index contributed by atoms with van der Waals surface area (Å²) in [6.07, 6.45) is 13.5. The van der Waals surface area contributed by atoms with Crippen molar-refractivity contribution >= 4 is 58.4 Å². The fourth-order valence-electron chi connectivity index (χ4n) is 6.37. The third kappa shape index (κ3) is 6.28. The molecule has 1 unspecified atom stereocenters. The molecule has 6 rings (SSSR count). The summed E-state index contributed by atoms with van der Waals surface area (Å²) in [6.45, 7) is 13.9. The molecule has 0 radical (unpaired) electrons. The van der Waals surface area contributed by atoms with Crippen LogP contribution in [0.1, 0.15) is 87.2 Å². The van der Waals surface area contributed by atoms with E-state index in [0.717, 1.165) is 62.6 Å². The van der Waals surface area contributed by atoms with Gasteiger partial charge in [0.2, 0.25) is 0 Å². The van der Waals surface area contributed by atoms with Gasteiger partial charge in [0.25, 0.3) is 0 Å². The van der Waals surface area contributed by atoms with Crippen molar-refractivity contribution in [1.29, 1.82) is 0 Å². The van der Waals surface area contributed by atoms with E-state index in [4.69, 9.17) is 0 Å². The fourth-order valence-corrected chi connectivity index (χ4v) is 6.37. The predicted octanol–water partition coefficient (Wildman–Crippen LogP) is 11.9. The molecular formula is C45H39NO2. The number of carbonyl (C=O) groups excluding carboxylic acids is 2. The number of Topliss-reactive ketones (excluding diaryl/α,β-unsaturated/α-hetero) is 1. The number of carbonyl (C=O) groups is 2. The molecule has 3 nitrogen and oxygen atoms in total. The smallest absolute Gasteiger partial charge is 0.189 e. The Labute approximate surface area is 283 Å². The number of aldehydes is 1. The number of nitrogens with one attached hydrogen (secondary N) is 1. The van der Waals surface area contributed by atoms with E-state index in [1.807, 2.05) is 6.08 Å². The molecular weight excluding hydrogens is 587 g/mol. The van der Waals surface area contributed by atoms with E-state index in [1.165, 1.54) is 16.7 Å². The van der Waals surface area contributed by atoms with Crippen LogP contribution in [0.15, 0.2) is 122 Å². The van der Waals surface area contributed by atoms with E-state index < -0.39 is 0 Å². The van der Waals surface area contributed by atoms with Gasteiger partial charge in [-0.25, -0.2) is 0 Å². The lowest BCUT2D eigenvalue weighted by atomic mass is 9.89. The van der Waals surface area contributed by atoms with E-state index in [9.17, 15) is 9.59 Å². The Balaban J connectivity index is 1.38. The lowest BCUT2D eigenvalue weighted by Crippen LogP contribution is -2.06. The van der Waals surface area contributed by atoms with Crippen LogP contribution in [0.4, 0.5) is 5.69 Å². The highest BCUT2D eigenvalue weighted by Gasteiger charge is 2.19. The van der Waals surface area contributed by atoms with Gasteiger partial charge in [-0.15, -0.1) is 0 Å². The molecule has 236 valence electrons. The van der Waals surface area contributed by atoms with Crippen LogP contribution in [-0.4, -0.2) is 12.1 Å². The summed E-state index contributed by atoms with van der Waals surface area (Å²) < 4.78 is 0. The molecule has 3 heteroatoms. The van der Waals surface area contributed by atoms with Gasteiger partial charge in [-0.05, 0) is 122 Å². The zero-order valence-corrected chi connectivity index (χ0v) is 27.7. The zero-order chi connectivity index (χ0) is 33.8. The number of anilines is 1. The summed E-state index contributed by atoms with van der Waals surface area (Å²) in [6, 6.07) is 31.2. The number of fused-ring (bicyclic) bond motifs is 5. The number of hydrogen-bond acceptors (Lipinski definition) is 3. The summed E-state index contributed by atoms with van der Waals surface area (Å²) in [5, 5.41) is 5.74. The number of ketones is 1. The number of allylic oxidation sites excluding steroid dienone is 3. The van der Waals surface area contributed by atoms with Crippen LogP contribution in [0, 0.1) is 0 Å². The lowest BCUT2D eigenvalue weighted by molar-refractivity contribution is 0.102. The largest absolute Gasteiger partial charge is 0.361 e. The Bertz CT molecular complexity index is 2180. The molecule has 0 saturated carbocycles. The molecule has 0 aliphatic heterocycles. The van der Waals surface area contributed by atoms with Gasteiger partial charge in [0.15, 0.2) is 12.1 Å². The molecule has 0 saturated heterocycles. The molecule has 0 bridgehead atoms. The number of rotatable bonds is 10. The first-order chi connectivity index (χ1) is 23.3. The topological polar surface area (TPSA) is 46.2 Å². The Morgan fingerprint density at radius 1 is 0.833 bits per heavy atom. The molecule has 5 aromatic carbocycles. The first kappa shape index (κ1) is 32.2.